The summed E-state index contributed by atoms with van der Waals surface area (Å²) in [4.78, 5) is 48.0. The van der Waals surface area contributed by atoms with Gasteiger partial charge in [0.15, 0.2) is 0 Å². The Bertz CT molecular complexity index is 1660. The third kappa shape index (κ3) is 4.85. The molecule has 0 unspecified atom stereocenters. The van der Waals surface area contributed by atoms with E-state index in [1.165, 1.54) is 12.1 Å². The molecule has 1 aromatic heterocycles. The number of rotatable bonds is 8. The standard InChI is InChI=1S/C34H35FN4O3/c1-20(2)9-8-10-21(3)36-32(40)25-12-5-7-14-28(25)39-33(41)29-19-26-24-11-4-6-13-27(24)37-30(26)31(38(29)34(39)42)22-15-17-23(35)18-16-22/h4-7,11-18,20-21,29,31,37H,8-10,19H2,1-3H3,(H,36,40)/t21-,29+,31-/m1/s1. The van der Waals surface area contributed by atoms with Crippen LogP contribution in [0.15, 0.2) is 72.8 Å². The van der Waals surface area contributed by atoms with Gasteiger partial charge in [0.1, 0.15) is 17.9 Å². The number of urea groups is 1. The van der Waals surface area contributed by atoms with Gasteiger partial charge in [-0.05, 0) is 60.7 Å². The van der Waals surface area contributed by atoms with Crippen LogP contribution in [-0.4, -0.2) is 39.8 Å². The van der Waals surface area contributed by atoms with Crippen LogP contribution >= 0.6 is 0 Å². The fourth-order valence-electron chi connectivity index (χ4n) is 6.35. The lowest BCUT2D eigenvalue weighted by Crippen LogP contribution is -2.44. The molecule has 3 heterocycles. The molecule has 7 nitrogen and oxygen atoms in total. The monoisotopic (exact) mass is 566 g/mol. The summed E-state index contributed by atoms with van der Waals surface area (Å²) in [6.45, 7) is 6.33. The molecule has 216 valence electrons. The molecule has 4 amide bonds. The predicted octanol–water partition coefficient (Wildman–Crippen LogP) is 6.73. The number of anilines is 1. The van der Waals surface area contributed by atoms with Crippen molar-refractivity contribution in [3.63, 3.8) is 0 Å². The minimum Gasteiger partial charge on any atom is -0.356 e. The summed E-state index contributed by atoms with van der Waals surface area (Å²) in [6.07, 6.45) is 3.26. The van der Waals surface area contributed by atoms with E-state index in [0.717, 1.165) is 46.3 Å². The van der Waals surface area contributed by atoms with Crippen molar-refractivity contribution in [3.05, 3.63) is 101 Å². The number of H-pyrrole nitrogens is 1. The number of amides is 4. The second-order valence-electron chi connectivity index (χ2n) is 11.8. The van der Waals surface area contributed by atoms with E-state index in [2.05, 4.69) is 24.1 Å². The number of hydrogen-bond acceptors (Lipinski definition) is 3. The van der Waals surface area contributed by atoms with Crippen LogP contribution in [0.25, 0.3) is 10.9 Å². The largest absolute Gasteiger partial charge is 0.356 e. The van der Waals surface area contributed by atoms with Crippen molar-refractivity contribution < 1.29 is 18.8 Å². The number of nitrogens with zero attached hydrogens (tertiary/aromatic N) is 2. The van der Waals surface area contributed by atoms with Crippen molar-refractivity contribution in [1.29, 1.82) is 0 Å². The molecule has 0 radical (unpaired) electrons. The summed E-state index contributed by atoms with van der Waals surface area (Å²) in [7, 11) is 0. The number of fused-ring (bicyclic) bond motifs is 4. The Kier molecular flexibility index (Phi) is 7.31. The number of imide groups is 1. The third-order valence-corrected chi connectivity index (χ3v) is 8.42. The quantitative estimate of drug-likeness (QED) is 0.232. The Morgan fingerprint density at radius 2 is 1.69 bits per heavy atom. The molecular formula is C34H35FN4O3. The molecule has 3 atom stereocenters. The minimum absolute atomic E-state index is 0.0539. The predicted molar refractivity (Wildman–Crippen MR) is 161 cm³/mol. The van der Waals surface area contributed by atoms with Crippen LogP contribution in [0.5, 0.6) is 0 Å². The number of benzene rings is 3. The second kappa shape index (κ2) is 11.1. The molecule has 0 saturated carbocycles. The molecule has 0 spiro atoms. The number of carbonyl (C=O) groups excluding carboxylic acids is 3. The van der Waals surface area contributed by atoms with E-state index in [9.17, 15) is 18.8 Å². The zero-order valence-electron chi connectivity index (χ0n) is 24.1. The van der Waals surface area contributed by atoms with Crippen LogP contribution in [-0.2, 0) is 11.2 Å². The number of hydrogen-bond donors (Lipinski definition) is 2. The first-order valence-corrected chi connectivity index (χ1v) is 14.7. The van der Waals surface area contributed by atoms with Crippen molar-refractivity contribution in [2.45, 2.75) is 64.6 Å². The highest BCUT2D eigenvalue weighted by atomic mass is 19.1. The maximum atomic E-state index is 14.2. The zero-order valence-corrected chi connectivity index (χ0v) is 24.1. The summed E-state index contributed by atoms with van der Waals surface area (Å²) < 4.78 is 13.9. The van der Waals surface area contributed by atoms with Gasteiger partial charge in [-0.1, -0.05) is 69.2 Å². The van der Waals surface area contributed by atoms with Crippen LogP contribution < -0.4 is 10.2 Å². The number of nitrogens with one attached hydrogen (secondary N) is 2. The fourth-order valence-corrected chi connectivity index (χ4v) is 6.35. The Hall–Kier alpha value is -4.46. The fraction of sp³-hybridized carbons (Fsp3) is 0.324. The van der Waals surface area contributed by atoms with Crippen molar-refractivity contribution in [1.82, 2.24) is 15.2 Å². The Morgan fingerprint density at radius 1 is 0.976 bits per heavy atom. The van der Waals surface area contributed by atoms with Gasteiger partial charge in [-0.2, -0.15) is 0 Å². The second-order valence-corrected chi connectivity index (χ2v) is 11.8. The molecule has 1 fully saturated rings. The molecule has 8 heteroatoms. The molecule has 42 heavy (non-hydrogen) atoms. The average molecular weight is 567 g/mol. The van der Waals surface area contributed by atoms with E-state index >= 15 is 0 Å². The number of aromatic nitrogens is 1. The van der Waals surface area contributed by atoms with E-state index in [1.54, 1.807) is 41.3 Å². The van der Waals surface area contributed by atoms with Gasteiger partial charge < -0.3 is 10.3 Å². The SMILES string of the molecule is CC(C)CCC[C@@H](C)NC(=O)c1ccccc1N1C(=O)[C@@H]2Cc3c([nH]c4ccccc34)[C@@H](c3ccc(F)cc3)N2C1=O. The van der Waals surface area contributed by atoms with Crippen molar-refractivity contribution >= 4 is 34.4 Å². The van der Waals surface area contributed by atoms with Crippen molar-refractivity contribution in [2.75, 3.05) is 4.90 Å². The van der Waals surface area contributed by atoms with Gasteiger partial charge in [-0.25, -0.2) is 14.1 Å². The first-order chi connectivity index (χ1) is 20.2. The van der Waals surface area contributed by atoms with Crippen LogP contribution in [0, 0.1) is 11.7 Å². The van der Waals surface area contributed by atoms with Gasteiger partial charge in [0.25, 0.3) is 11.8 Å². The van der Waals surface area contributed by atoms with E-state index < -0.39 is 18.1 Å². The molecule has 2 aliphatic heterocycles. The Balaban J connectivity index is 1.36. The lowest BCUT2D eigenvalue weighted by molar-refractivity contribution is -0.120. The molecule has 2 aliphatic rings. The van der Waals surface area contributed by atoms with Crippen LogP contribution in [0.4, 0.5) is 14.9 Å². The van der Waals surface area contributed by atoms with Gasteiger partial charge in [0, 0.05) is 29.1 Å². The Labute approximate surface area is 244 Å². The van der Waals surface area contributed by atoms with E-state index in [0.29, 0.717) is 17.9 Å². The maximum Gasteiger partial charge on any atom is 0.332 e. The normalized spacial score (nSPS) is 18.9. The number of aromatic amines is 1. The summed E-state index contributed by atoms with van der Waals surface area (Å²) in [5.41, 5.74) is 3.92. The van der Waals surface area contributed by atoms with Gasteiger partial charge in [0.05, 0.1) is 11.3 Å². The Morgan fingerprint density at radius 3 is 2.45 bits per heavy atom. The lowest BCUT2D eigenvalue weighted by atomic mass is 9.89. The molecule has 0 aliphatic carbocycles. The lowest BCUT2D eigenvalue weighted by Gasteiger charge is -2.36. The molecule has 6 rings (SSSR count). The topological polar surface area (TPSA) is 85.5 Å². The first kappa shape index (κ1) is 27.7. The van der Waals surface area contributed by atoms with Crippen molar-refractivity contribution in [3.8, 4) is 0 Å². The number of carbonyl (C=O) groups is 3. The smallest absolute Gasteiger partial charge is 0.332 e. The number of halogens is 1. The summed E-state index contributed by atoms with van der Waals surface area (Å²) >= 11 is 0. The average Bonchev–Trinajstić information content (AvgIpc) is 3.46. The molecule has 0 bridgehead atoms. The van der Waals surface area contributed by atoms with Gasteiger partial charge in [-0.15, -0.1) is 0 Å². The summed E-state index contributed by atoms with van der Waals surface area (Å²) in [6, 6.07) is 18.7. The van der Waals surface area contributed by atoms with Crippen LogP contribution in [0.2, 0.25) is 0 Å². The minimum atomic E-state index is -0.773. The van der Waals surface area contributed by atoms with Gasteiger partial charge in [0.2, 0.25) is 0 Å². The van der Waals surface area contributed by atoms with Crippen LogP contribution in [0.3, 0.4) is 0 Å². The highest BCUT2D eigenvalue weighted by molar-refractivity contribution is 6.24. The molecule has 2 N–H and O–H groups in total. The van der Waals surface area contributed by atoms with Crippen molar-refractivity contribution in [2.24, 2.45) is 5.92 Å². The van der Waals surface area contributed by atoms with E-state index in [1.807, 2.05) is 31.2 Å². The first-order valence-electron chi connectivity index (χ1n) is 14.7. The van der Waals surface area contributed by atoms with Gasteiger partial charge in [-0.3, -0.25) is 14.5 Å². The third-order valence-electron chi connectivity index (χ3n) is 8.42. The molecule has 4 aromatic rings. The highest BCUT2D eigenvalue weighted by Crippen LogP contribution is 2.45. The van der Waals surface area contributed by atoms with Gasteiger partial charge >= 0.3 is 6.03 Å². The summed E-state index contributed by atoms with van der Waals surface area (Å²) in [5.74, 6) is -0.489. The molecular weight excluding hydrogens is 531 g/mol. The molecule has 3 aromatic carbocycles. The maximum absolute atomic E-state index is 14.2. The van der Waals surface area contributed by atoms with E-state index in [-0.39, 0.29) is 34.9 Å². The number of para-hydroxylation sites is 2. The summed E-state index contributed by atoms with van der Waals surface area (Å²) in [5, 5.41) is 4.04. The molecule has 1 saturated heterocycles. The zero-order chi connectivity index (χ0) is 29.5. The highest BCUT2D eigenvalue weighted by Gasteiger charge is 2.53. The van der Waals surface area contributed by atoms with Crippen LogP contribution in [0.1, 0.15) is 73.3 Å². The van der Waals surface area contributed by atoms with E-state index in [4.69, 9.17) is 0 Å².